The Balaban J connectivity index is 2.24. The molecule has 3 rings (SSSR count). The molecule has 0 saturated carbocycles. The number of nitrogen functional groups attached to an aromatic ring is 1. The van der Waals surface area contributed by atoms with Crippen LogP contribution in [0.5, 0.6) is 0 Å². The van der Waals surface area contributed by atoms with Crippen molar-refractivity contribution in [1.82, 2.24) is 5.16 Å². The average molecular weight is 299 g/mol. The normalized spacial score (nSPS) is 10.8. The first-order valence-corrected chi connectivity index (χ1v) is 7.03. The number of hydrogen-bond donors (Lipinski definition) is 1. The number of aryl methyl sites for hydroxylation is 2. The number of nitrogens with two attached hydrogens (primary N) is 1. The van der Waals surface area contributed by atoms with E-state index >= 15 is 0 Å². The molecule has 2 aromatic carbocycles. The molecule has 0 radical (unpaired) electrons. The molecule has 0 fully saturated rings. The molecule has 1 heterocycles. The van der Waals surface area contributed by atoms with Gasteiger partial charge in [0.2, 0.25) is 0 Å². The van der Waals surface area contributed by atoms with Crippen LogP contribution in [0.2, 0.25) is 5.02 Å². The summed E-state index contributed by atoms with van der Waals surface area (Å²) < 4.78 is 5.47. The third-order valence-electron chi connectivity index (χ3n) is 3.44. The summed E-state index contributed by atoms with van der Waals surface area (Å²) in [4.78, 5) is 0. The molecule has 0 amide bonds. The fourth-order valence-corrected chi connectivity index (χ4v) is 2.77. The van der Waals surface area contributed by atoms with Gasteiger partial charge in [0.15, 0.2) is 11.6 Å². The molecule has 0 bridgehead atoms. The molecule has 0 spiro atoms. The van der Waals surface area contributed by atoms with Gasteiger partial charge in [-0.25, -0.2) is 0 Å². The lowest BCUT2D eigenvalue weighted by Gasteiger charge is -2.07. The Morgan fingerprint density at radius 3 is 2.57 bits per heavy atom. The van der Waals surface area contributed by atoms with Crippen LogP contribution in [0.3, 0.4) is 0 Å². The summed E-state index contributed by atoms with van der Waals surface area (Å²) in [5, 5.41) is 4.59. The summed E-state index contributed by atoms with van der Waals surface area (Å²) in [6.07, 6.45) is 0. The summed E-state index contributed by atoms with van der Waals surface area (Å²) in [5.74, 6) is 1.03. The molecule has 0 aliphatic carbocycles. The van der Waals surface area contributed by atoms with E-state index in [-0.39, 0.29) is 0 Å². The van der Waals surface area contributed by atoms with Crippen LogP contribution in [0.1, 0.15) is 11.1 Å². The van der Waals surface area contributed by atoms with E-state index in [9.17, 15) is 0 Å². The first-order chi connectivity index (χ1) is 10.1. The fourth-order valence-electron chi connectivity index (χ4n) is 2.48. The Bertz CT molecular complexity index is 788. The lowest BCUT2D eigenvalue weighted by molar-refractivity contribution is 0.436. The monoisotopic (exact) mass is 298 g/mol. The van der Waals surface area contributed by atoms with Crippen molar-refractivity contribution in [2.45, 2.75) is 13.8 Å². The molecule has 0 saturated heterocycles. The zero-order chi connectivity index (χ0) is 15.0. The number of anilines is 1. The van der Waals surface area contributed by atoms with Gasteiger partial charge in [-0.2, -0.15) is 0 Å². The van der Waals surface area contributed by atoms with Crippen LogP contribution in [0.15, 0.2) is 47.0 Å². The second-order valence-electron chi connectivity index (χ2n) is 5.10. The number of nitrogens with zero attached hydrogens (tertiary/aromatic N) is 1. The first kappa shape index (κ1) is 13.7. The molecular formula is C17H15ClN2O. The topological polar surface area (TPSA) is 52.0 Å². The van der Waals surface area contributed by atoms with Crippen LogP contribution in [0.4, 0.5) is 5.82 Å². The lowest BCUT2D eigenvalue weighted by atomic mass is 9.97. The van der Waals surface area contributed by atoms with E-state index in [0.29, 0.717) is 16.6 Å². The maximum Gasteiger partial charge on any atom is 0.176 e. The van der Waals surface area contributed by atoms with Crippen molar-refractivity contribution in [3.05, 3.63) is 58.6 Å². The Morgan fingerprint density at radius 2 is 1.86 bits per heavy atom. The Hall–Kier alpha value is -2.26. The second-order valence-corrected chi connectivity index (χ2v) is 5.54. The molecule has 106 valence electrons. The average Bonchev–Trinajstić information content (AvgIpc) is 2.80. The predicted octanol–water partition coefficient (Wildman–Crippen LogP) is 4.86. The van der Waals surface area contributed by atoms with Crippen molar-refractivity contribution in [1.29, 1.82) is 0 Å². The molecular weight excluding hydrogens is 284 g/mol. The van der Waals surface area contributed by atoms with Gasteiger partial charge in [-0.1, -0.05) is 41.0 Å². The number of rotatable bonds is 2. The highest BCUT2D eigenvalue weighted by Crippen LogP contribution is 2.38. The van der Waals surface area contributed by atoms with Gasteiger partial charge in [-0.3, -0.25) is 0 Å². The van der Waals surface area contributed by atoms with Gasteiger partial charge >= 0.3 is 0 Å². The standard InChI is InChI=1S/C17H15ClN2O/c1-10-7-12(9-13(18)8-10)16-15(17(19)20-21-16)14-6-4-3-5-11(14)2/h3-9H,1-2H3,(H2,19,20). The van der Waals surface area contributed by atoms with Gasteiger partial charge < -0.3 is 10.3 Å². The Morgan fingerprint density at radius 1 is 1.10 bits per heavy atom. The molecule has 0 unspecified atom stereocenters. The van der Waals surface area contributed by atoms with Crippen molar-refractivity contribution < 1.29 is 4.52 Å². The third kappa shape index (κ3) is 2.52. The summed E-state index contributed by atoms with van der Waals surface area (Å²) >= 11 is 6.14. The Labute approximate surface area is 128 Å². The zero-order valence-corrected chi connectivity index (χ0v) is 12.6. The minimum absolute atomic E-state index is 0.386. The number of aromatic nitrogens is 1. The minimum Gasteiger partial charge on any atom is -0.380 e. The predicted molar refractivity (Wildman–Crippen MR) is 86.3 cm³/mol. The summed E-state index contributed by atoms with van der Waals surface area (Å²) in [6, 6.07) is 13.8. The highest BCUT2D eigenvalue weighted by Gasteiger charge is 2.19. The molecule has 1 aromatic heterocycles. The molecule has 2 N–H and O–H groups in total. The smallest absolute Gasteiger partial charge is 0.176 e. The van der Waals surface area contributed by atoms with E-state index in [2.05, 4.69) is 5.16 Å². The van der Waals surface area contributed by atoms with E-state index < -0.39 is 0 Å². The van der Waals surface area contributed by atoms with Crippen molar-refractivity contribution in [3.8, 4) is 22.5 Å². The summed E-state index contributed by atoms with van der Waals surface area (Å²) in [5.41, 5.74) is 10.9. The van der Waals surface area contributed by atoms with Gasteiger partial charge in [-0.15, -0.1) is 0 Å². The molecule has 4 heteroatoms. The van der Waals surface area contributed by atoms with E-state index in [1.165, 1.54) is 0 Å². The van der Waals surface area contributed by atoms with E-state index in [4.69, 9.17) is 21.9 Å². The molecule has 0 aliphatic heterocycles. The first-order valence-electron chi connectivity index (χ1n) is 6.65. The van der Waals surface area contributed by atoms with Crippen LogP contribution >= 0.6 is 11.6 Å². The van der Waals surface area contributed by atoms with E-state index in [1.807, 2.05) is 56.3 Å². The van der Waals surface area contributed by atoms with Crippen molar-refractivity contribution >= 4 is 17.4 Å². The largest absolute Gasteiger partial charge is 0.380 e. The summed E-state index contributed by atoms with van der Waals surface area (Å²) in [6.45, 7) is 4.03. The van der Waals surface area contributed by atoms with Crippen LogP contribution in [0.25, 0.3) is 22.5 Å². The van der Waals surface area contributed by atoms with Crippen LogP contribution < -0.4 is 5.73 Å². The number of hydrogen-bond acceptors (Lipinski definition) is 3. The molecule has 21 heavy (non-hydrogen) atoms. The van der Waals surface area contributed by atoms with Gasteiger partial charge in [0.1, 0.15) is 0 Å². The SMILES string of the molecule is Cc1cc(Cl)cc(-c2onc(N)c2-c2ccccc2C)c1. The second kappa shape index (κ2) is 5.26. The zero-order valence-electron chi connectivity index (χ0n) is 11.9. The van der Waals surface area contributed by atoms with Crippen LogP contribution in [0, 0.1) is 13.8 Å². The van der Waals surface area contributed by atoms with Crippen LogP contribution in [-0.4, -0.2) is 5.16 Å². The fraction of sp³-hybridized carbons (Fsp3) is 0.118. The third-order valence-corrected chi connectivity index (χ3v) is 3.66. The lowest BCUT2D eigenvalue weighted by Crippen LogP contribution is -1.91. The van der Waals surface area contributed by atoms with Gasteiger partial charge in [-0.05, 0) is 48.7 Å². The highest BCUT2D eigenvalue weighted by molar-refractivity contribution is 6.31. The van der Waals surface area contributed by atoms with Gasteiger partial charge in [0, 0.05) is 10.6 Å². The quantitative estimate of drug-likeness (QED) is 0.735. The molecule has 3 nitrogen and oxygen atoms in total. The maximum absolute atomic E-state index is 6.14. The van der Waals surface area contributed by atoms with Gasteiger partial charge in [0.25, 0.3) is 0 Å². The van der Waals surface area contributed by atoms with Crippen molar-refractivity contribution in [2.75, 3.05) is 5.73 Å². The molecule has 3 aromatic rings. The minimum atomic E-state index is 0.386. The van der Waals surface area contributed by atoms with Crippen molar-refractivity contribution in [2.24, 2.45) is 0 Å². The van der Waals surface area contributed by atoms with Gasteiger partial charge in [0.05, 0.1) is 5.56 Å². The van der Waals surface area contributed by atoms with E-state index in [1.54, 1.807) is 0 Å². The maximum atomic E-state index is 6.14. The summed E-state index contributed by atoms with van der Waals surface area (Å²) in [7, 11) is 0. The molecule has 0 atom stereocenters. The highest BCUT2D eigenvalue weighted by atomic mass is 35.5. The molecule has 0 aliphatic rings. The Kier molecular flexibility index (Phi) is 3.43. The van der Waals surface area contributed by atoms with Crippen LogP contribution in [-0.2, 0) is 0 Å². The van der Waals surface area contributed by atoms with Crippen molar-refractivity contribution in [3.63, 3.8) is 0 Å². The number of benzene rings is 2. The van der Waals surface area contributed by atoms with E-state index in [0.717, 1.165) is 27.8 Å². The number of halogens is 1.